The molecule has 72 valence electrons. The molecule has 2 fully saturated rings. The van der Waals surface area contributed by atoms with Crippen molar-refractivity contribution in [1.29, 1.82) is 0 Å². The Morgan fingerprint density at radius 3 is 2.69 bits per heavy atom. The molecule has 0 spiro atoms. The Kier molecular flexibility index (Phi) is 2.41. The molecule has 0 aromatic rings. The molecule has 0 aromatic heterocycles. The smallest absolute Gasteiger partial charge is 0.243 e. The van der Waals surface area contributed by atoms with Crippen LogP contribution < -0.4 is 0 Å². The third-order valence-electron chi connectivity index (χ3n) is 2.61. The predicted octanol–water partition coefficient (Wildman–Crippen LogP) is 0.961. The van der Waals surface area contributed by atoms with E-state index in [-0.39, 0.29) is 11.7 Å². The van der Waals surface area contributed by atoms with Crippen LogP contribution in [0.15, 0.2) is 0 Å². The lowest BCUT2D eigenvalue weighted by atomic mass is 10.1. The molecule has 2 aliphatic rings. The number of nitrogens with zero attached hydrogens (tertiary/aromatic N) is 1. The van der Waals surface area contributed by atoms with Crippen LogP contribution in [0, 0.1) is 5.92 Å². The van der Waals surface area contributed by atoms with Crippen LogP contribution in [-0.4, -0.2) is 34.5 Å². The molecular weight excluding hydrogens is 234 g/mol. The summed E-state index contributed by atoms with van der Waals surface area (Å²) in [6, 6.07) is 0. The van der Waals surface area contributed by atoms with E-state index in [0.29, 0.717) is 18.9 Å². The quantitative estimate of drug-likeness (QED) is 0.537. The summed E-state index contributed by atoms with van der Waals surface area (Å²) >= 11 is 3.13. The van der Waals surface area contributed by atoms with Gasteiger partial charge in [0.1, 0.15) is 0 Å². The summed E-state index contributed by atoms with van der Waals surface area (Å²) in [4.78, 5) is 24.0. The molecule has 1 saturated heterocycles. The molecule has 2 rings (SSSR count). The Labute approximate surface area is 85.6 Å². The lowest BCUT2D eigenvalue weighted by molar-refractivity contribution is -0.138. The number of Topliss-reactive ketones (excluding diaryl/α,β-unsaturated/α-hetero) is 1. The van der Waals surface area contributed by atoms with Gasteiger partial charge in [-0.25, -0.2) is 0 Å². The van der Waals surface area contributed by atoms with Crippen LogP contribution in [0.2, 0.25) is 0 Å². The van der Waals surface area contributed by atoms with Crippen molar-refractivity contribution < 1.29 is 9.59 Å². The molecule has 0 radical (unpaired) electrons. The third-order valence-corrected chi connectivity index (χ3v) is 3.52. The minimum Gasteiger partial charge on any atom is -0.341 e. The highest BCUT2D eigenvalue weighted by molar-refractivity contribution is 9.10. The average molecular weight is 246 g/mol. The Morgan fingerprint density at radius 2 is 2.08 bits per heavy atom. The Bertz CT molecular complexity index is 250. The SMILES string of the molecule is O=C1CCN(CC2CC2)C(=O)C1Br. The summed E-state index contributed by atoms with van der Waals surface area (Å²) in [5.74, 6) is 0.692. The summed E-state index contributed by atoms with van der Waals surface area (Å²) in [7, 11) is 0. The van der Waals surface area contributed by atoms with Gasteiger partial charge in [-0.15, -0.1) is 0 Å². The van der Waals surface area contributed by atoms with E-state index in [2.05, 4.69) is 15.9 Å². The second-order valence-corrected chi connectivity index (χ2v) is 4.72. The minimum absolute atomic E-state index is 0.0250. The van der Waals surface area contributed by atoms with E-state index in [0.717, 1.165) is 6.54 Å². The molecule has 1 heterocycles. The maximum absolute atomic E-state index is 11.6. The van der Waals surface area contributed by atoms with E-state index in [1.165, 1.54) is 12.8 Å². The number of likely N-dealkylation sites (tertiary alicyclic amines) is 1. The monoisotopic (exact) mass is 245 g/mol. The molecule has 1 amide bonds. The largest absolute Gasteiger partial charge is 0.341 e. The highest BCUT2D eigenvalue weighted by Gasteiger charge is 2.35. The lowest BCUT2D eigenvalue weighted by Crippen LogP contribution is -2.47. The molecule has 1 aliphatic carbocycles. The summed E-state index contributed by atoms with van der Waals surface area (Å²) < 4.78 is 0. The number of halogens is 1. The second-order valence-electron chi connectivity index (χ2n) is 3.81. The minimum atomic E-state index is -0.569. The van der Waals surface area contributed by atoms with Gasteiger partial charge in [0.25, 0.3) is 0 Å². The van der Waals surface area contributed by atoms with Gasteiger partial charge in [0.05, 0.1) is 0 Å². The first kappa shape index (κ1) is 9.19. The predicted molar refractivity (Wildman–Crippen MR) is 51.6 cm³/mol. The topological polar surface area (TPSA) is 37.4 Å². The van der Waals surface area contributed by atoms with E-state index in [9.17, 15) is 9.59 Å². The zero-order chi connectivity index (χ0) is 9.42. The second kappa shape index (κ2) is 3.40. The highest BCUT2D eigenvalue weighted by Crippen LogP contribution is 2.31. The van der Waals surface area contributed by atoms with Gasteiger partial charge in [-0.2, -0.15) is 0 Å². The Balaban J connectivity index is 1.96. The number of carbonyl (C=O) groups is 2. The maximum Gasteiger partial charge on any atom is 0.243 e. The van der Waals surface area contributed by atoms with Gasteiger partial charge in [-0.05, 0) is 18.8 Å². The number of hydrogen-bond acceptors (Lipinski definition) is 2. The van der Waals surface area contributed by atoms with Crippen LogP contribution in [-0.2, 0) is 9.59 Å². The van der Waals surface area contributed by atoms with Gasteiger partial charge in [0.15, 0.2) is 10.6 Å². The van der Waals surface area contributed by atoms with E-state index < -0.39 is 4.83 Å². The fourth-order valence-electron chi connectivity index (χ4n) is 1.57. The van der Waals surface area contributed by atoms with Crippen molar-refractivity contribution in [2.24, 2.45) is 5.92 Å². The Morgan fingerprint density at radius 1 is 1.38 bits per heavy atom. The number of alkyl halides is 1. The van der Waals surface area contributed by atoms with Gasteiger partial charge in [0.2, 0.25) is 5.91 Å². The first-order chi connectivity index (χ1) is 6.18. The van der Waals surface area contributed by atoms with E-state index in [1.807, 2.05) is 4.90 Å². The van der Waals surface area contributed by atoms with E-state index in [4.69, 9.17) is 0 Å². The molecule has 0 aromatic carbocycles. The van der Waals surface area contributed by atoms with Crippen molar-refractivity contribution in [2.45, 2.75) is 24.1 Å². The zero-order valence-corrected chi connectivity index (χ0v) is 8.92. The summed E-state index contributed by atoms with van der Waals surface area (Å²) in [6.07, 6.45) is 2.99. The number of rotatable bonds is 2. The number of ketones is 1. The lowest BCUT2D eigenvalue weighted by Gasteiger charge is -2.28. The number of hydrogen-bond donors (Lipinski definition) is 0. The van der Waals surface area contributed by atoms with Crippen LogP contribution in [0.1, 0.15) is 19.3 Å². The van der Waals surface area contributed by atoms with Crippen LogP contribution >= 0.6 is 15.9 Å². The van der Waals surface area contributed by atoms with E-state index in [1.54, 1.807) is 0 Å². The molecule has 1 saturated carbocycles. The highest BCUT2D eigenvalue weighted by atomic mass is 79.9. The summed E-state index contributed by atoms with van der Waals surface area (Å²) in [5, 5.41) is 0. The molecule has 3 nitrogen and oxygen atoms in total. The first-order valence-corrected chi connectivity index (χ1v) is 5.55. The van der Waals surface area contributed by atoms with Gasteiger partial charge in [-0.1, -0.05) is 15.9 Å². The van der Waals surface area contributed by atoms with Crippen LogP contribution in [0.25, 0.3) is 0 Å². The van der Waals surface area contributed by atoms with Gasteiger partial charge >= 0.3 is 0 Å². The molecule has 0 bridgehead atoms. The standard InChI is InChI=1S/C9H12BrNO2/c10-8-7(12)3-4-11(9(8)13)5-6-1-2-6/h6,8H,1-5H2. The van der Waals surface area contributed by atoms with Crippen molar-refractivity contribution in [3.63, 3.8) is 0 Å². The first-order valence-electron chi connectivity index (χ1n) is 4.64. The number of amides is 1. The number of carbonyl (C=O) groups excluding carboxylic acids is 2. The summed E-state index contributed by atoms with van der Waals surface area (Å²) in [6.45, 7) is 1.48. The normalized spacial score (nSPS) is 29.6. The van der Waals surface area contributed by atoms with Gasteiger partial charge in [0, 0.05) is 19.5 Å². The maximum atomic E-state index is 11.6. The van der Waals surface area contributed by atoms with E-state index >= 15 is 0 Å². The fourth-order valence-corrected chi connectivity index (χ4v) is 2.09. The molecule has 1 aliphatic heterocycles. The molecule has 0 N–H and O–H groups in total. The zero-order valence-electron chi connectivity index (χ0n) is 7.33. The van der Waals surface area contributed by atoms with Crippen molar-refractivity contribution in [2.75, 3.05) is 13.1 Å². The average Bonchev–Trinajstić information content (AvgIpc) is 2.90. The third kappa shape index (κ3) is 1.93. The summed E-state index contributed by atoms with van der Waals surface area (Å²) in [5.41, 5.74) is 0. The van der Waals surface area contributed by atoms with Crippen molar-refractivity contribution >= 4 is 27.6 Å². The molecule has 13 heavy (non-hydrogen) atoms. The van der Waals surface area contributed by atoms with Gasteiger partial charge in [-0.3, -0.25) is 9.59 Å². The fraction of sp³-hybridized carbons (Fsp3) is 0.778. The molecule has 1 unspecified atom stereocenters. The van der Waals surface area contributed by atoms with Gasteiger partial charge < -0.3 is 4.90 Å². The van der Waals surface area contributed by atoms with Crippen LogP contribution in [0.5, 0.6) is 0 Å². The molecule has 4 heteroatoms. The van der Waals surface area contributed by atoms with Crippen molar-refractivity contribution in [1.82, 2.24) is 4.90 Å². The van der Waals surface area contributed by atoms with Crippen molar-refractivity contribution in [3.05, 3.63) is 0 Å². The van der Waals surface area contributed by atoms with Crippen LogP contribution in [0.3, 0.4) is 0 Å². The van der Waals surface area contributed by atoms with Crippen LogP contribution in [0.4, 0.5) is 0 Å². The molecular formula is C9H12BrNO2. The molecule has 1 atom stereocenters. The Hall–Kier alpha value is -0.380. The number of piperidine rings is 1. The van der Waals surface area contributed by atoms with Crippen molar-refractivity contribution in [3.8, 4) is 0 Å².